The number of carbonyl (C=O) groups is 1. The molecular formula is C16H19NO2. The second-order valence-corrected chi connectivity index (χ2v) is 5.59. The molecule has 1 aliphatic carbocycles. The van der Waals surface area contributed by atoms with E-state index in [1.165, 1.54) is 0 Å². The van der Waals surface area contributed by atoms with E-state index >= 15 is 0 Å². The summed E-state index contributed by atoms with van der Waals surface area (Å²) in [6, 6.07) is 7.99. The number of hydrogen-bond donors (Lipinski definition) is 1. The molecule has 1 fully saturated rings. The number of Topliss-reactive ketones (excluding diaryl/α,β-unsaturated/α-hetero) is 1. The van der Waals surface area contributed by atoms with Gasteiger partial charge in [-0.25, -0.2) is 0 Å². The van der Waals surface area contributed by atoms with Crippen LogP contribution in [0.25, 0.3) is 11.0 Å². The molecule has 0 saturated heterocycles. The van der Waals surface area contributed by atoms with Crippen molar-refractivity contribution in [3.05, 3.63) is 35.6 Å². The summed E-state index contributed by atoms with van der Waals surface area (Å²) in [5, 5.41) is 1.00. The first-order valence-electron chi connectivity index (χ1n) is 6.94. The third kappa shape index (κ3) is 2.30. The highest BCUT2D eigenvalue weighted by atomic mass is 16.3. The van der Waals surface area contributed by atoms with Crippen LogP contribution in [-0.4, -0.2) is 11.8 Å². The van der Waals surface area contributed by atoms with Gasteiger partial charge < -0.3 is 10.2 Å². The lowest BCUT2D eigenvalue weighted by molar-refractivity contribution is 0.0855. The summed E-state index contributed by atoms with van der Waals surface area (Å²) in [5.41, 5.74) is 7.85. The van der Waals surface area contributed by atoms with E-state index in [0.717, 1.165) is 42.2 Å². The first kappa shape index (κ1) is 12.4. The molecule has 2 atom stereocenters. The van der Waals surface area contributed by atoms with E-state index in [4.69, 9.17) is 10.2 Å². The van der Waals surface area contributed by atoms with Crippen molar-refractivity contribution in [3.8, 4) is 0 Å². The van der Waals surface area contributed by atoms with E-state index in [1.807, 2.05) is 31.2 Å². The van der Waals surface area contributed by atoms with E-state index < -0.39 is 0 Å². The quantitative estimate of drug-likeness (QED) is 0.838. The third-order valence-corrected chi connectivity index (χ3v) is 4.07. The molecule has 0 amide bonds. The van der Waals surface area contributed by atoms with Crippen LogP contribution in [0.2, 0.25) is 0 Å². The maximum Gasteiger partial charge on any atom is 0.201 e. The van der Waals surface area contributed by atoms with Crippen LogP contribution in [0.4, 0.5) is 0 Å². The summed E-state index contributed by atoms with van der Waals surface area (Å²) in [4.78, 5) is 12.5. The van der Waals surface area contributed by atoms with Gasteiger partial charge in [0.05, 0.1) is 0 Å². The first-order valence-corrected chi connectivity index (χ1v) is 6.94. The van der Waals surface area contributed by atoms with Crippen LogP contribution in [0, 0.1) is 12.8 Å². The molecule has 3 nitrogen and oxygen atoms in total. The fraction of sp³-hybridized carbons (Fsp3) is 0.438. The lowest BCUT2D eigenvalue weighted by atomic mass is 9.83. The Morgan fingerprint density at radius 3 is 2.95 bits per heavy atom. The SMILES string of the molecule is Cc1cccc2cc(C(=O)C3CCCC(N)C3)oc12. The Balaban J connectivity index is 1.91. The number of ketones is 1. The minimum absolute atomic E-state index is 0.0321. The Morgan fingerprint density at radius 1 is 1.37 bits per heavy atom. The second-order valence-electron chi connectivity index (χ2n) is 5.59. The second kappa shape index (κ2) is 4.82. The van der Waals surface area contributed by atoms with Crippen molar-refractivity contribution < 1.29 is 9.21 Å². The van der Waals surface area contributed by atoms with Crippen molar-refractivity contribution in [1.82, 2.24) is 0 Å². The van der Waals surface area contributed by atoms with Crippen molar-refractivity contribution in [3.63, 3.8) is 0 Å². The largest absolute Gasteiger partial charge is 0.453 e. The van der Waals surface area contributed by atoms with Gasteiger partial charge in [0.25, 0.3) is 0 Å². The number of rotatable bonds is 2. The van der Waals surface area contributed by atoms with Crippen LogP contribution in [0.15, 0.2) is 28.7 Å². The van der Waals surface area contributed by atoms with Crippen LogP contribution in [-0.2, 0) is 0 Å². The highest BCUT2D eigenvalue weighted by Gasteiger charge is 2.28. The van der Waals surface area contributed by atoms with Gasteiger partial charge in [0, 0.05) is 17.3 Å². The standard InChI is InChI=1S/C16H19NO2/c1-10-4-2-6-12-9-14(19-16(10)12)15(18)11-5-3-7-13(17)8-11/h2,4,6,9,11,13H,3,5,7-8,17H2,1H3. The Labute approximate surface area is 112 Å². The zero-order valence-corrected chi connectivity index (χ0v) is 11.2. The molecule has 0 radical (unpaired) electrons. The molecule has 1 heterocycles. The van der Waals surface area contributed by atoms with Gasteiger partial charge in [-0.15, -0.1) is 0 Å². The number of carbonyl (C=O) groups excluding carboxylic acids is 1. The van der Waals surface area contributed by atoms with Gasteiger partial charge >= 0.3 is 0 Å². The van der Waals surface area contributed by atoms with Crippen molar-refractivity contribution in [2.24, 2.45) is 11.7 Å². The Morgan fingerprint density at radius 2 is 2.21 bits per heavy atom. The Kier molecular flexibility index (Phi) is 3.15. The molecule has 1 aliphatic rings. The zero-order valence-electron chi connectivity index (χ0n) is 11.2. The normalized spacial score (nSPS) is 23.7. The van der Waals surface area contributed by atoms with Gasteiger partial charge in [0.1, 0.15) is 5.58 Å². The van der Waals surface area contributed by atoms with Crippen molar-refractivity contribution in [2.45, 2.75) is 38.6 Å². The topological polar surface area (TPSA) is 56.2 Å². The van der Waals surface area contributed by atoms with Crippen molar-refractivity contribution in [1.29, 1.82) is 0 Å². The van der Waals surface area contributed by atoms with Gasteiger partial charge in [-0.1, -0.05) is 24.6 Å². The molecule has 1 aromatic carbocycles. The van der Waals surface area contributed by atoms with Crippen LogP contribution < -0.4 is 5.73 Å². The number of furan rings is 1. The number of nitrogens with two attached hydrogens (primary N) is 1. The number of hydrogen-bond acceptors (Lipinski definition) is 3. The molecule has 100 valence electrons. The van der Waals surface area contributed by atoms with Crippen molar-refractivity contribution >= 4 is 16.8 Å². The van der Waals surface area contributed by atoms with E-state index in [1.54, 1.807) is 0 Å². The lowest BCUT2D eigenvalue weighted by Crippen LogP contribution is -2.31. The lowest BCUT2D eigenvalue weighted by Gasteiger charge is -2.24. The predicted octanol–water partition coefficient (Wildman–Crippen LogP) is 3.44. The number of benzene rings is 1. The van der Waals surface area contributed by atoms with Crippen LogP contribution >= 0.6 is 0 Å². The van der Waals surface area contributed by atoms with Crippen LogP contribution in [0.1, 0.15) is 41.8 Å². The molecule has 1 aromatic heterocycles. The molecule has 2 N–H and O–H groups in total. The summed E-state index contributed by atoms with van der Waals surface area (Å²) in [6.45, 7) is 2.00. The summed E-state index contributed by atoms with van der Waals surface area (Å²) < 4.78 is 5.76. The average Bonchev–Trinajstić information content (AvgIpc) is 2.83. The van der Waals surface area contributed by atoms with Gasteiger partial charge in [-0.3, -0.25) is 4.79 Å². The first-order chi connectivity index (χ1) is 9.15. The molecule has 3 heteroatoms. The van der Waals surface area contributed by atoms with Gasteiger partial charge in [0.15, 0.2) is 5.76 Å². The van der Waals surface area contributed by atoms with Gasteiger partial charge in [-0.05, 0) is 37.8 Å². The van der Waals surface area contributed by atoms with Gasteiger partial charge in [0.2, 0.25) is 5.78 Å². The van der Waals surface area contributed by atoms with E-state index in [-0.39, 0.29) is 17.7 Å². The summed E-state index contributed by atoms with van der Waals surface area (Å²) in [5.74, 6) is 0.638. The molecule has 2 aromatic rings. The fourth-order valence-electron chi connectivity index (χ4n) is 3.00. The minimum Gasteiger partial charge on any atom is -0.453 e. The number of fused-ring (bicyclic) bond motifs is 1. The van der Waals surface area contributed by atoms with Crippen LogP contribution in [0.3, 0.4) is 0 Å². The van der Waals surface area contributed by atoms with E-state index in [9.17, 15) is 4.79 Å². The molecule has 2 unspecified atom stereocenters. The summed E-state index contributed by atoms with van der Waals surface area (Å²) in [6.07, 6.45) is 3.79. The van der Waals surface area contributed by atoms with Crippen molar-refractivity contribution in [2.75, 3.05) is 0 Å². The molecule has 1 saturated carbocycles. The monoisotopic (exact) mass is 257 g/mol. The number of para-hydroxylation sites is 1. The zero-order chi connectivity index (χ0) is 13.4. The van der Waals surface area contributed by atoms with Gasteiger partial charge in [-0.2, -0.15) is 0 Å². The maximum atomic E-state index is 12.5. The highest BCUT2D eigenvalue weighted by Crippen LogP contribution is 2.29. The average molecular weight is 257 g/mol. The highest BCUT2D eigenvalue weighted by molar-refractivity contribution is 5.99. The molecule has 3 rings (SSSR count). The van der Waals surface area contributed by atoms with Crippen LogP contribution in [0.5, 0.6) is 0 Å². The fourth-order valence-corrected chi connectivity index (χ4v) is 3.00. The van der Waals surface area contributed by atoms with E-state index in [2.05, 4.69) is 0 Å². The predicted molar refractivity (Wildman–Crippen MR) is 75.2 cm³/mol. The minimum atomic E-state index is 0.0321. The molecular weight excluding hydrogens is 238 g/mol. The third-order valence-electron chi connectivity index (χ3n) is 4.07. The molecule has 0 spiro atoms. The van der Waals surface area contributed by atoms with E-state index in [0.29, 0.717) is 5.76 Å². The number of aryl methyl sites for hydroxylation is 1. The molecule has 19 heavy (non-hydrogen) atoms. The summed E-state index contributed by atoms with van der Waals surface area (Å²) in [7, 11) is 0. The molecule has 0 aliphatic heterocycles. The Bertz CT molecular complexity index is 614. The summed E-state index contributed by atoms with van der Waals surface area (Å²) >= 11 is 0. The Hall–Kier alpha value is -1.61. The molecule has 0 bridgehead atoms. The maximum absolute atomic E-state index is 12.5. The smallest absolute Gasteiger partial charge is 0.201 e.